The van der Waals surface area contributed by atoms with Gasteiger partial charge in [-0.2, -0.15) is 4.98 Å². The van der Waals surface area contributed by atoms with Gasteiger partial charge in [0.15, 0.2) is 5.82 Å². The number of ether oxygens (including phenoxy) is 2. The van der Waals surface area contributed by atoms with Crippen molar-refractivity contribution in [3.8, 4) is 5.88 Å². The lowest BCUT2D eigenvalue weighted by Gasteiger charge is -2.19. The van der Waals surface area contributed by atoms with Crippen LogP contribution in [0.15, 0.2) is 22.9 Å². The van der Waals surface area contributed by atoms with E-state index in [9.17, 15) is 0 Å². The normalized spacial score (nSPS) is 26.7. The zero-order chi connectivity index (χ0) is 16.5. The summed E-state index contributed by atoms with van der Waals surface area (Å²) in [6.07, 6.45) is 4.00. The highest BCUT2D eigenvalue weighted by molar-refractivity contribution is 5.25. The van der Waals surface area contributed by atoms with Gasteiger partial charge in [0.05, 0.1) is 25.7 Å². The van der Waals surface area contributed by atoms with Gasteiger partial charge in [-0.3, -0.25) is 4.90 Å². The Bertz CT molecular complexity index is 691. The van der Waals surface area contributed by atoms with Crippen molar-refractivity contribution in [2.24, 2.45) is 5.92 Å². The molecule has 0 spiro atoms. The molecule has 2 aliphatic rings. The van der Waals surface area contributed by atoms with E-state index in [0.717, 1.165) is 31.6 Å². The Balaban J connectivity index is 1.33. The summed E-state index contributed by atoms with van der Waals surface area (Å²) in [7, 11) is 1.66. The molecule has 0 unspecified atom stereocenters. The lowest BCUT2D eigenvalue weighted by atomic mass is 10.0. The number of hydrogen-bond donors (Lipinski definition) is 0. The Hall–Kier alpha value is -1.99. The number of aryl methyl sites for hydroxylation is 1. The minimum Gasteiger partial charge on any atom is -0.481 e. The highest BCUT2D eigenvalue weighted by Crippen LogP contribution is 2.35. The predicted octanol–water partition coefficient (Wildman–Crippen LogP) is 1.61. The first-order chi connectivity index (χ1) is 11.7. The number of pyridine rings is 1. The van der Waals surface area contributed by atoms with Crippen LogP contribution in [0.2, 0.25) is 0 Å². The van der Waals surface area contributed by atoms with Crippen LogP contribution in [0.3, 0.4) is 0 Å². The van der Waals surface area contributed by atoms with Gasteiger partial charge in [0.1, 0.15) is 0 Å². The summed E-state index contributed by atoms with van der Waals surface area (Å²) in [6.45, 7) is 4.67. The predicted molar refractivity (Wildman–Crippen MR) is 85.6 cm³/mol. The van der Waals surface area contributed by atoms with Crippen LogP contribution in [0.1, 0.15) is 23.7 Å². The molecule has 2 fully saturated rings. The lowest BCUT2D eigenvalue weighted by Crippen LogP contribution is -2.25. The summed E-state index contributed by atoms with van der Waals surface area (Å²) in [5, 5.41) is 3.84. The van der Waals surface area contributed by atoms with Crippen LogP contribution < -0.4 is 4.74 Å². The zero-order valence-electron chi connectivity index (χ0n) is 14.0. The number of hydrogen-bond acceptors (Lipinski definition) is 7. The standard InChI is InChI=1S/C17H22N4O3/c1-11-19-16(24-20-11)7-14-6-13-9-21(10-15(13)23-14)8-12-4-3-5-18-17(12)22-2/h3-5,13-15H,6-10H2,1-2H3/t13-,14+,15+/m1/s1. The fraction of sp³-hybridized carbons (Fsp3) is 0.588. The SMILES string of the molecule is COc1ncccc1CN1C[C@H]2C[C@@H](Cc3nc(C)no3)O[C@H]2C1. The van der Waals surface area contributed by atoms with Crippen molar-refractivity contribution in [1.29, 1.82) is 0 Å². The Labute approximate surface area is 141 Å². The van der Waals surface area contributed by atoms with E-state index in [0.29, 0.717) is 36.0 Å². The van der Waals surface area contributed by atoms with Gasteiger partial charge >= 0.3 is 0 Å². The van der Waals surface area contributed by atoms with Crippen molar-refractivity contribution in [3.63, 3.8) is 0 Å². The fourth-order valence-corrected chi connectivity index (χ4v) is 3.80. The Morgan fingerprint density at radius 3 is 3.04 bits per heavy atom. The average molecular weight is 330 g/mol. The Morgan fingerprint density at radius 2 is 2.29 bits per heavy atom. The van der Waals surface area contributed by atoms with Gasteiger partial charge in [-0.1, -0.05) is 11.2 Å². The van der Waals surface area contributed by atoms with Crippen LogP contribution in [0.25, 0.3) is 0 Å². The number of fused-ring (bicyclic) bond motifs is 1. The molecule has 4 heterocycles. The van der Waals surface area contributed by atoms with Gasteiger partial charge in [-0.05, 0) is 19.4 Å². The van der Waals surface area contributed by atoms with E-state index in [1.165, 1.54) is 0 Å². The molecule has 24 heavy (non-hydrogen) atoms. The molecule has 2 saturated heterocycles. The van der Waals surface area contributed by atoms with E-state index in [1.807, 2.05) is 13.0 Å². The van der Waals surface area contributed by atoms with Crippen molar-refractivity contribution >= 4 is 0 Å². The number of methoxy groups -OCH3 is 1. The molecule has 0 aromatic carbocycles. The molecule has 2 aromatic rings. The van der Waals surface area contributed by atoms with Gasteiger partial charge in [0, 0.05) is 37.3 Å². The topological polar surface area (TPSA) is 73.5 Å². The summed E-state index contributed by atoms with van der Waals surface area (Å²) >= 11 is 0. The molecule has 0 bridgehead atoms. The summed E-state index contributed by atoms with van der Waals surface area (Å²) in [6, 6.07) is 4.02. The molecular formula is C17H22N4O3. The molecule has 0 amide bonds. The van der Waals surface area contributed by atoms with Gasteiger partial charge in [-0.15, -0.1) is 0 Å². The maximum atomic E-state index is 6.21. The molecule has 7 heteroatoms. The van der Waals surface area contributed by atoms with Crippen LogP contribution >= 0.6 is 0 Å². The van der Waals surface area contributed by atoms with E-state index in [-0.39, 0.29) is 6.10 Å². The van der Waals surface area contributed by atoms with E-state index in [1.54, 1.807) is 13.3 Å². The maximum absolute atomic E-state index is 6.21. The number of rotatable bonds is 5. The quantitative estimate of drug-likeness (QED) is 0.824. The van der Waals surface area contributed by atoms with Crippen molar-refractivity contribution < 1.29 is 14.0 Å². The smallest absolute Gasteiger partial charge is 0.229 e. The molecule has 7 nitrogen and oxygen atoms in total. The monoisotopic (exact) mass is 330 g/mol. The van der Waals surface area contributed by atoms with Gasteiger partial charge in [-0.25, -0.2) is 4.98 Å². The molecule has 2 aromatic heterocycles. The first kappa shape index (κ1) is 15.5. The summed E-state index contributed by atoms with van der Waals surface area (Å²) in [5.74, 6) is 2.64. The number of likely N-dealkylation sites (tertiary alicyclic amines) is 1. The maximum Gasteiger partial charge on any atom is 0.229 e. The van der Waals surface area contributed by atoms with Crippen LogP contribution in [0.4, 0.5) is 0 Å². The van der Waals surface area contributed by atoms with Gasteiger partial charge in [0.2, 0.25) is 11.8 Å². The fourth-order valence-electron chi connectivity index (χ4n) is 3.80. The van der Waals surface area contributed by atoms with Crippen LogP contribution in [-0.4, -0.2) is 52.4 Å². The largest absolute Gasteiger partial charge is 0.481 e. The van der Waals surface area contributed by atoms with Crippen molar-refractivity contribution in [1.82, 2.24) is 20.0 Å². The first-order valence-electron chi connectivity index (χ1n) is 8.36. The highest BCUT2D eigenvalue weighted by atomic mass is 16.5. The van der Waals surface area contributed by atoms with Crippen molar-refractivity contribution in [2.45, 2.75) is 38.5 Å². The minimum atomic E-state index is 0.190. The third kappa shape index (κ3) is 3.14. The molecule has 4 rings (SSSR count). The first-order valence-corrected chi connectivity index (χ1v) is 8.36. The zero-order valence-corrected chi connectivity index (χ0v) is 14.0. The second kappa shape index (κ2) is 6.49. The van der Waals surface area contributed by atoms with E-state index in [4.69, 9.17) is 14.0 Å². The summed E-state index contributed by atoms with van der Waals surface area (Å²) in [5.41, 5.74) is 1.12. The highest BCUT2D eigenvalue weighted by Gasteiger charge is 2.42. The number of nitrogens with zero attached hydrogens (tertiary/aromatic N) is 4. The van der Waals surface area contributed by atoms with E-state index < -0.39 is 0 Å². The Morgan fingerprint density at radius 1 is 1.38 bits per heavy atom. The molecule has 2 aliphatic heterocycles. The minimum absolute atomic E-state index is 0.190. The van der Waals surface area contributed by atoms with E-state index in [2.05, 4.69) is 26.1 Å². The van der Waals surface area contributed by atoms with Gasteiger partial charge < -0.3 is 14.0 Å². The van der Waals surface area contributed by atoms with E-state index >= 15 is 0 Å². The van der Waals surface area contributed by atoms with Gasteiger partial charge in [0.25, 0.3) is 0 Å². The Kier molecular flexibility index (Phi) is 4.20. The third-order valence-electron chi connectivity index (χ3n) is 4.80. The molecule has 0 aliphatic carbocycles. The molecule has 128 valence electrons. The van der Waals surface area contributed by atoms with Crippen LogP contribution in [0.5, 0.6) is 5.88 Å². The molecule has 0 N–H and O–H groups in total. The summed E-state index contributed by atoms with van der Waals surface area (Å²) < 4.78 is 16.8. The van der Waals surface area contributed by atoms with Crippen molar-refractivity contribution in [2.75, 3.05) is 20.2 Å². The third-order valence-corrected chi connectivity index (χ3v) is 4.80. The van der Waals surface area contributed by atoms with Crippen molar-refractivity contribution in [3.05, 3.63) is 35.6 Å². The lowest BCUT2D eigenvalue weighted by molar-refractivity contribution is 0.0342. The second-order valence-electron chi connectivity index (χ2n) is 6.60. The molecular weight excluding hydrogens is 308 g/mol. The second-order valence-corrected chi connectivity index (χ2v) is 6.60. The summed E-state index contributed by atoms with van der Waals surface area (Å²) in [4.78, 5) is 11.0. The number of aromatic nitrogens is 3. The molecule has 0 saturated carbocycles. The molecule has 3 atom stereocenters. The van der Waals surface area contributed by atoms with Crippen LogP contribution in [0, 0.1) is 12.8 Å². The molecule has 0 radical (unpaired) electrons. The average Bonchev–Trinajstić information content (AvgIpc) is 3.23. The van der Waals surface area contributed by atoms with Crippen LogP contribution in [-0.2, 0) is 17.7 Å².